The van der Waals surface area contributed by atoms with Crippen molar-refractivity contribution < 1.29 is 14.6 Å². The first kappa shape index (κ1) is 25.8. The van der Waals surface area contributed by atoms with Crippen LogP contribution in [-0.2, 0) is 29.2 Å². The molecule has 2 aromatic heterocycles. The van der Waals surface area contributed by atoms with Crippen LogP contribution in [0.4, 0.5) is 5.69 Å². The minimum atomic E-state index is -0.389. The number of nitrogens with one attached hydrogen (secondary N) is 2. The molecular formula is C27H35N5O4. The number of carbonyl (C=O) groups is 1. The fourth-order valence-corrected chi connectivity index (χ4v) is 4.67. The number of aryl methyl sites for hydroxylation is 1. The number of rotatable bonds is 11. The monoisotopic (exact) mass is 493 g/mol. The maximum atomic E-state index is 13.2. The van der Waals surface area contributed by atoms with Crippen LogP contribution in [0.15, 0.2) is 29.1 Å². The summed E-state index contributed by atoms with van der Waals surface area (Å²) < 4.78 is 6.59. The average Bonchev–Trinajstić information content (AvgIpc) is 3.18. The molecule has 3 heterocycles. The SMILES string of the molecule is Cc1cc2n(c(=O)c1COC=O)Cc1cc3c(CN(C)C)c(NCC(C)NC[C@@H](C)O)ccc3nc1-2. The van der Waals surface area contributed by atoms with Gasteiger partial charge in [-0.05, 0) is 70.3 Å². The molecule has 9 heteroatoms. The molecule has 1 aromatic carbocycles. The molecule has 3 N–H and O–H groups in total. The normalized spacial score (nSPS) is 14.0. The highest BCUT2D eigenvalue weighted by Crippen LogP contribution is 2.35. The quantitative estimate of drug-likeness (QED) is 0.273. The van der Waals surface area contributed by atoms with Gasteiger partial charge in [0.15, 0.2) is 0 Å². The van der Waals surface area contributed by atoms with Crippen molar-refractivity contribution in [2.45, 2.75) is 52.6 Å². The average molecular weight is 494 g/mol. The summed E-state index contributed by atoms with van der Waals surface area (Å²) in [5.74, 6) is 0. The zero-order chi connectivity index (χ0) is 26.0. The second-order valence-electron chi connectivity index (χ2n) is 9.92. The molecule has 36 heavy (non-hydrogen) atoms. The minimum Gasteiger partial charge on any atom is -0.463 e. The van der Waals surface area contributed by atoms with Crippen molar-refractivity contribution in [1.29, 1.82) is 0 Å². The number of fused-ring (bicyclic) bond motifs is 4. The molecular weight excluding hydrogens is 458 g/mol. The predicted molar refractivity (Wildman–Crippen MR) is 141 cm³/mol. The zero-order valence-electron chi connectivity index (χ0n) is 21.6. The number of benzene rings is 1. The van der Waals surface area contributed by atoms with Crippen LogP contribution < -0.4 is 16.2 Å². The first-order valence-corrected chi connectivity index (χ1v) is 12.2. The molecule has 192 valence electrons. The Hall–Kier alpha value is -3.27. The fraction of sp³-hybridized carbons (Fsp3) is 0.444. The van der Waals surface area contributed by atoms with Gasteiger partial charge in [0, 0.05) is 42.3 Å². The van der Waals surface area contributed by atoms with Gasteiger partial charge in [-0.1, -0.05) is 0 Å². The number of aliphatic hydroxyl groups is 1. The molecule has 0 saturated heterocycles. The molecule has 1 unspecified atom stereocenters. The first-order valence-electron chi connectivity index (χ1n) is 12.2. The van der Waals surface area contributed by atoms with Crippen LogP contribution in [0, 0.1) is 6.92 Å². The van der Waals surface area contributed by atoms with Crippen molar-refractivity contribution in [3.63, 3.8) is 0 Å². The van der Waals surface area contributed by atoms with Crippen molar-refractivity contribution >= 4 is 23.1 Å². The Balaban J connectivity index is 1.71. The van der Waals surface area contributed by atoms with E-state index in [0.29, 0.717) is 31.7 Å². The summed E-state index contributed by atoms with van der Waals surface area (Å²) in [6, 6.07) is 8.37. The lowest BCUT2D eigenvalue weighted by Crippen LogP contribution is -2.37. The van der Waals surface area contributed by atoms with E-state index in [-0.39, 0.29) is 24.3 Å². The number of ether oxygens (including phenoxy) is 1. The van der Waals surface area contributed by atoms with Crippen LogP contribution in [0.2, 0.25) is 0 Å². The van der Waals surface area contributed by atoms with Gasteiger partial charge in [0.25, 0.3) is 12.0 Å². The van der Waals surface area contributed by atoms with Gasteiger partial charge in [0.2, 0.25) is 0 Å². The van der Waals surface area contributed by atoms with Crippen molar-refractivity contribution in [2.24, 2.45) is 0 Å². The number of hydrogen-bond acceptors (Lipinski definition) is 8. The Bertz CT molecular complexity index is 1330. The Morgan fingerprint density at radius 3 is 2.69 bits per heavy atom. The van der Waals surface area contributed by atoms with E-state index in [1.54, 1.807) is 11.5 Å². The van der Waals surface area contributed by atoms with E-state index in [0.717, 1.165) is 51.2 Å². The lowest BCUT2D eigenvalue weighted by Gasteiger charge is -2.21. The van der Waals surface area contributed by atoms with Crippen LogP contribution in [-0.4, -0.2) is 65.4 Å². The molecule has 1 aliphatic heterocycles. The lowest BCUT2D eigenvalue weighted by atomic mass is 10.0. The van der Waals surface area contributed by atoms with Gasteiger partial charge in [-0.15, -0.1) is 0 Å². The van der Waals surface area contributed by atoms with Crippen LogP contribution in [0.25, 0.3) is 22.3 Å². The van der Waals surface area contributed by atoms with Gasteiger partial charge in [0.1, 0.15) is 6.61 Å². The van der Waals surface area contributed by atoms with Gasteiger partial charge in [-0.2, -0.15) is 0 Å². The Labute approximate surface area is 211 Å². The third kappa shape index (κ3) is 5.28. The third-order valence-electron chi connectivity index (χ3n) is 6.51. The molecule has 2 atom stereocenters. The van der Waals surface area contributed by atoms with Crippen molar-refractivity contribution in [2.75, 3.05) is 32.5 Å². The summed E-state index contributed by atoms with van der Waals surface area (Å²) in [5, 5.41) is 17.5. The second-order valence-corrected chi connectivity index (χ2v) is 9.92. The Kier molecular flexibility index (Phi) is 7.73. The van der Waals surface area contributed by atoms with Crippen LogP contribution in [0.1, 0.15) is 36.1 Å². The highest BCUT2D eigenvalue weighted by molar-refractivity contribution is 5.90. The highest BCUT2D eigenvalue weighted by atomic mass is 16.5. The predicted octanol–water partition coefficient (Wildman–Crippen LogP) is 2.24. The summed E-state index contributed by atoms with van der Waals surface area (Å²) >= 11 is 0. The molecule has 4 rings (SSSR count). The first-order chi connectivity index (χ1) is 17.2. The van der Waals surface area contributed by atoms with Gasteiger partial charge >= 0.3 is 0 Å². The number of aliphatic hydroxyl groups excluding tert-OH is 1. The van der Waals surface area contributed by atoms with Gasteiger partial charge < -0.3 is 29.9 Å². The molecule has 0 aliphatic carbocycles. The Morgan fingerprint density at radius 2 is 2.00 bits per heavy atom. The maximum Gasteiger partial charge on any atom is 0.293 e. The third-order valence-corrected chi connectivity index (χ3v) is 6.51. The summed E-state index contributed by atoms with van der Waals surface area (Å²) in [6.45, 7) is 8.46. The summed E-state index contributed by atoms with van der Waals surface area (Å²) in [7, 11) is 4.08. The van der Waals surface area contributed by atoms with E-state index in [4.69, 9.17) is 9.72 Å². The van der Waals surface area contributed by atoms with E-state index in [1.165, 1.54) is 0 Å². The molecule has 0 amide bonds. The molecule has 0 radical (unpaired) electrons. The zero-order valence-corrected chi connectivity index (χ0v) is 21.6. The van der Waals surface area contributed by atoms with Gasteiger partial charge in [0.05, 0.1) is 35.1 Å². The van der Waals surface area contributed by atoms with E-state index >= 15 is 0 Å². The minimum absolute atomic E-state index is 0.0350. The topological polar surface area (TPSA) is 109 Å². The van der Waals surface area contributed by atoms with Crippen molar-refractivity contribution in [3.05, 3.63) is 56.9 Å². The number of aromatic nitrogens is 2. The molecule has 0 bridgehead atoms. The molecule has 0 spiro atoms. The van der Waals surface area contributed by atoms with E-state index < -0.39 is 0 Å². The largest absolute Gasteiger partial charge is 0.463 e. The second kappa shape index (κ2) is 10.8. The number of pyridine rings is 2. The fourth-order valence-electron chi connectivity index (χ4n) is 4.67. The van der Waals surface area contributed by atoms with Crippen LogP contribution >= 0.6 is 0 Å². The van der Waals surface area contributed by atoms with E-state index in [9.17, 15) is 14.7 Å². The molecule has 1 aliphatic rings. The van der Waals surface area contributed by atoms with Crippen molar-refractivity contribution in [1.82, 2.24) is 19.8 Å². The maximum absolute atomic E-state index is 13.2. The van der Waals surface area contributed by atoms with Crippen molar-refractivity contribution in [3.8, 4) is 11.4 Å². The molecule has 0 fully saturated rings. The summed E-state index contributed by atoms with van der Waals surface area (Å²) in [4.78, 5) is 30.9. The van der Waals surface area contributed by atoms with Gasteiger partial charge in [-0.25, -0.2) is 4.98 Å². The number of hydrogen-bond donors (Lipinski definition) is 3. The summed E-state index contributed by atoms with van der Waals surface area (Å²) in [5.41, 5.74) is 6.80. The standard InChI is InChI=1S/C27H35N5O4/c1-16-8-25-26-19(12-32(25)27(35)22(16)14-36-15-33)9-20-21(13-31(4)5)23(6-7-24(20)30-26)29-10-17(2)28-11-18(3)34/h6-9,15,17-18,28-29,34H,10-14H2,1-5H3/t17?,18-/m1/s1. The Morgan fingerprint density at radius 1 is 1.22 bits per heavy atom. The summed E-state index contributed by atoms with van der Waals surface area (Å²) in [6.07, 6.45) is -0.389. The van der Waals surface area contributed by atoms with E-state index in [2.05, 4.69) is 34.6 Å². The van der Waals surface area contributed by atoms with Gasteiger partial charge in [-0.3, -0.25) is 9.59 Å². The molecule has 3 aromatic rings. The smallest absolute Gasteiger partial charge is 0.293 e. The van der Waals surface area contributed by atoms with Crippen LogP contribution in [0.3, 0.4) is 0 Å². The van der Waals surface area contributed by atoms with Crippen LogP contribution in [0.5, 0.6) is 0 Å². The van der Waals surface area contributed by atoms with E-state index in [1.807, 2.05) is 33.2 Å². The molecule has 0 saturated carbocycles. The number of carbonyl (C=O) groups excluding carboxylic acids is 1. The number of anilines is 1. The lowest BCUT2D eigenvalue weighted by molar-refractivity contribution is -0.129. The highest BCUT2D eigenvalue weighted by Gasteiger charge is 2.25. The number of nitrogens with zero attached hydrogens (tertiary/aromatic N) is 3. The molecule has 9 nitrogen and oxygen atoms in total.